The number of phenolic OH excluding ortho intramolecular Hbond substituents is 1. The minimum atomic E-state index is -1.38. The molecule has 0 saturated carbocycles. The van der Waals surface area contributed by atoms with E-state index in [-0.39, 0.29) is 41.4 Å². The van der Waals surface area contributed by atoms with Crippen LogP contribution >= 0.6 is 0 Å². The Balaban J connectivity index is 1.46. The van der Waals surface area contributed by atoms with Crippen LogP contribution in [0.5, 0.6) is 11.5 Å². The highest BCUT2D eigenvalue weighted by molar-refractivity contribution is 6.27. The third-order valence-corrected chi connectivity index (χ3v) is 6.71. The van der Waals surface area contributed by atoms with Gasteiger partial charge in [-0.3, -0.25) is 24.0 Å². The first kappa shape index (κ1) is 28.2. The number of likely N-dealkylation sites (tertiary alicyclic amines) is 1. The van der Waals surface area contributed by atoms with Gasteiger partial charge in [-0.2, -0.15) is 0 Å². The van der Waals surface area contributed by atoms with Crippen molar-refractivity contribution in [1.82, 2.24) is 4.90 Å². The van der Waals surface area contributed by atoms with E-state index < -0.39 is 29.3 Å². The van der Waals surface area contributed by atoms with Crippen molar-refractivity contribution in [3.8, 4) is 11.5 Å². The molecule has 4 rings (SSSR count). The Morgan fingerprint density at radius 1 is 1.02 bits per heavy atom. The maximum Gasteiger partial charge on any atom is 0.255 e. The number of aromatic hydroxyl groups is 1. The number of carbonyl (C=O) groups excluding carboxylic acids is 5. The molecule has 0 radical (unpaired) electrons. The van der Waals surface area contributed by atoms with Crippen LogP contribution in [0.25, 0.3) is 0 Å². The summed E-state index contributed by atoms with van der Waals surface area (Å²) >= 11 is 0. The molecule has 0 spiro atoms. The predicted octanol–water partition coefficient (Wildman–Crippen LogP) is 4.22. The van der Waals surface area contributed by atoms with E-state index in [0.717, 1.165) is 12.0 Å². The first-order valence-electron chi connectivity index (χ1n) is 12.9. The lowest BCUT2D eigenvalue weighted by atomic mass is 9.94. The van der Waals surface area contributed by atoms with Crippen LogP contribution in [0, 0.1) is 5.92 Å². The second kappa shape index (κ2) is 11.9. The number of amides is 2. The number of nitrogens with zero attached hydrogens (tertiary/aromatic N) is 1. The summed E-state index contributed by atoms with van der Waals surface area (Å²) in [6.45, 7) is 3.41. The molecule has 1 heterocycles. The van der Waals surface area contributed by atoms with Gasteiger partial charge in [0.2, 0.25) is 5.91 Å². The van der Waals surface area contributed by atoms with Crippen molar-refractivity contribution in [2.45, 2.75) is 33.3 Å². The predicted molar refractivity (Wildman–Crippen MR) is 148 cm³/mol. The fourth-order valence-corrected chi connectivity index (χ4v) is 4.63. The molecule has 1 unspecified atom stereocenters. The quantitative estimate of drug-likeness (QED) is 0.290. The number of phenols is 1. The maximum absolute atomic E-state index is 13.0. The molecule has 0 bridgehead atoms. The first-order valence-corrected chi connectivity index (χ1v) is 12.9. The van der Waals surface area contributed by atoms with E-state index in [4.69, 9.17) is 4.74 Å². The van der Waals surface area contributed by atoms with Gasteiger partial charge in [0.15, 0.2) is 23.3 Å². The van der Waals surface area contributed by atoms with Crippen LogP contribution in [0.3, 0.4) is 0 Å². The third kappa shape index (κ3) is 5.93. The van der Waals surface area contributed by atoms with Crippen molar-refractivity contribution in [2.75, 3.05) is 18.9 Å². The van der Waals surface area contributed by atoms with E-state index >= 15 is 0 Å². The number of Topliss-reactive ketones (excluding diaryl/α,β-unsaturated/α-hetero) is 3. The number of ether oxygens (including phenoxy) is 1. The zero-order chi connectivity index (χ0) is 29.0. The van der Waals surface area contributed by atoms with Crippen molar-refractivity contribution >= 4 is 34.9 Å². The molecular weight excluding hydrogens is 512 g/mol. The van der Waals surface area contributed by atoms with Crippen molar-refractivity contribution in [2.24, 2.45) is 5.92 Å². The molecule has 1 saturated heterocycles. The number of hydrogen-bond acceptors (Lipinski definition) is 7. The van der Waals surface area contributed by atoms with Crippen molar-refractivity contribution in [1.29, 1.82) is 0 Å². The summed E-state index contributed by atoms with van der Waals surface area (Å²) in [6, 6.07) is 16.1. The zero-order valence-electron chi connectivity index (χ0n) is 22.5. The lowest BCUT2D eigenvalue weighted by Crippen LogP contribution is -2.29. The van der Waals surface area contributed by atoms with Gasteiger partial charge in [-0.1, -0.05) is 37.6 Å². The number of rotatable bonds is 10. The summed E-state index contributed by atoms with van der Waals surface area (Å²) in [5, 5.41) is 13.4. The molecule has 2 N–H and O–H groups in total. The topological polar surface area (TPSA) is 130 Å². The lowest BCUT2D eigenvalue weighted by Gasteiger charge is -2.15. The number of hydrogen-bond donors (Lipinski definition) is 2. The number of nitrogens with one attached hydrogen (secondary N) is 1. The van der Waals surface area contributed by atoms with Crippen LogP contribution in [0.15, 0.2) is 60.7 Å². The molecule has 1 atom stereocenters. The SMILES string of the molecule is CCCc1c(OCc2cccc(NC(=O)c3cccc(C(=O)C4C(=O)CN(C)C4=O)c3)c2)ccc(C(C)=O)c1O. The Morgan fingerprint density at radius 3 is 2.42 bits per heavy atom. The summed E-state index contributed by atoms with van der Waals surface area (Å²) < 4.78 is 5.97. The average Bonchev–Trinajstić information content (AvgIpc) is 3.19. The van der Waals surface area contributed by atoms with Gasteiger partial charge >= 0.3 is 0 Å². The van der Waals surface area contributed by atoms with Gasteiger partial charge in [0.05, 0.1) is 12.1 Å². The van der Waals surface area contributed by atoms with Crippen LogP contribution in [0.2, 0.25) is 0 Å². The molecule has 9 nitrogen and oxygen atoms in total. The van der Waals surface area contributed by atoms with Crippen LogP contribution in [0.1, 0.15) is 62.5 Å². The van der Waals surface area contributed by atoms with Gasteiger partial charge in [-0.25, -0.2) is 0 Å². The second-order valence-electron chi connectivity index (χ2n) is 9.73. The summed E-state index contributed by atoms with van der Waals surface area (Å²) in [5.74, 6) is -3.30. The molecule has 3 aromatic rings. The number of likely N-dealkylation sites (N-methyl/N-ethyl adjacent to an activating group) is 1. The Morgan fingerprint density at radius 2 is 1.75 bits per heavy atom. The van der Waals surface area contributed by atoms with Crippen molar-refractivity contribution in [3.63, 3.8) is 0 Å². The van der Waals surface area contributed by atoms with E-state index in [0.29, 0.717) is 23.4 Å². The minimum Gasteiger partial charge on any atom is -0.507 e. The average molecular weight is 543 g/mol. The smallest absolute Gasteiger partial charge is 0.255 e. The fraction of sp³-hybridized carbons (Fsp3) is 0.258. The van der Waals surface area contributed by atoms with Crippen molar-refractivity contribution in [3.05, 3.63) is 88.5 Å². The van der Waals surface area contributed by atoms with Gasteiger partial charge < -0.3 is 20.1 Å². The highest BCUT2D eigenvalue weighted by atomic mass is 16.5. The van der Waals surface area contributed by atoms with Crippen LogP contribution in [-0.4, -0.2) is 52.8 Å². The van der Waals surface area contributed by atoms with Gasteiger partial charge in [-0.05, 0) is 55.3 Å². The number of anilines is 1. The molecule has 206 valence electrons. The van der Waals surface area contributed by atoms with Crippen LogP contribution in [0.4, 0.5) is 5.69 Å². The molecule has 9 heteroatoms. The standard InChI is InChI=1S/C31H30N2O7/c1-4-7-24-26(13-12-23(18(2)34)29(24)37)40-17-19-8-5-11-22(14-19)32-30(38)21-10-6-9-20(15-21)28(36)27-25(35)16-33(3)31(27)39/h5-6,8-15,27,37H,4,7,16-17H2,1-3H3,(H,32,38). The Labute approximate surface area is 231 Å². The Hall–Kier alpha value is -4.79. The molecule has 1 fully saturated rings. The van der Waals surface area contributed by atoms with E-state index in [1.54, 1.807) is 30.3 Å². The van der Waals surface area contributed by atoms with Gasteiger partial charge in [0.25, 0.3) is 5.91 Å². The number of benzene rings is 3. The van der Waals surface area contributed by atoms with Gasteiger partial charge in [0, 0.05) is 29.4 Å². The summed E-state index contributed by atoms with van der Waals surface area (Å²) in [4.78, 5) is 63.3. The lowest BCUT2D eigenvalue weighted by molar-refractivity contribution is -0.129. The third-order valence-electron chi connectivity index (χ3n) is 6.71. The van der Waals surface area contributed by atoms with Crippen LogP contribution < -0.4 is 10.1 Å². The first-order chi connectivity index (χ1) is 19.1. The summed E-state index contributed by atoms with van der Waals surface area (Å²) in [7, 11) is 1.47. The highest BCUT2D eigenvalue weighted by Gasteiger charge is 2.42. The van der Waals surface area contributed by atoms with E-state index in [2.05, 4.69) is 5.32 Å². The fourth-order valence-electron chi connectivity index (χ4n) is 4.63. The largest absolute Gasteiger partial charge is 0.507 e. The molecule has 40 heavy (non-hydrogen) atoms. The zero-order valence-corrected chi connectivity index (χ0v) is 22.5. The molecule has 1 aliphatic heterocycles. The maximum atomic E-state index is 13.0. The highest BCUT2D eigenvalue weighted by Crippen LogP contribution is 2.33. The number of ketones is 3. The normalized spacial score (nSPS) is 14.8. The van der Waals surface area contributed by atoms with Gasteiger partial charge in [0.1, 0.15) is 18.1 Å². The monoisotopic (exact) mass is 542 g/mol. The van der Waals surface area contributed by atoms with Crippen molar-refractivity contribution < 1.29 is 33.8 Å². The van der Waals surface area contributed by atoms with E-state index in [1.165, 1.54) is 43.1 Å². The molecule has 1 aliphatic rings. The van der Waals surface area contributed by atoms with E-state index in [1.807, 2.05) is 13.0 Å². The molecule has 3 aromatic carbocycles. The summed E-state index contributed by atoms with van der Waals surface area (Å²) in [6.07, 6.45) is 1.30. The summed E-state index contributed by atoms with van der Waals surface area (Å²) in [5.41, 5.74) is 2.38. The Kier molecular flexibility index (Phi) is 8.43. The number of carbonyl (C=O) groups is 5. The molecule has 2 amide bonds. The molecular formula is C31H30N2O7. The minimum absolute atomic E-state index is 0.0674. The van der Waals surface area contributed by atoms with E-state index in [9.17, 15) is 29.1 Å². The van der Waals surface area contributed by atoms with Crippen LogP contribution in [-0.2, 0) is 22.6 Å². The molecule has 0 aromatic heterocycles. The van der Waals surface area contributed by atoms with Gasteiger partial charge in [-0.15, -0.1) is 0 Å². The molecule has 0 aliphatic carbocycles. The Bertz CT molecular complexity index is 1510. The second-order valence-corrected chi connectivity index (χ2v) is 9.73.